The summed E-state index contributed by atoms with van der Waals surface area (Å²) in [4.78, 5) is 20.2. The van der Waals surface area contributed by atoms with Crippen LogP contribution in [0.15, 0.2) is 34.9 Å². The number of carbonyl (C=O) groups is 1. The quantitative estimate of drug-likeness (QED) is 0.643. The van der Waals surface area contributed by atoms with Crippen molar-refractivity contribution in [3.63, 3.8) is 0 Å². The minimum atomic E-state index is -0.549. The van der Waals surface area contributed by atoms with Crippen LogP contribution in [-0.4, -0.2) is 39.7 Å². The van der Waals surface area contributed by atoms with Gasteiger partial charge in [0.1, 0.15) is 5.60 Å². The number of anilines is 1. The van der Waals surface area contributed by atoms with Gasteiger partial charge in [-0.15, -0.1) is 10.2 Å². The van der Waals surface area contributed by atoms with Crippen molar-refractivity contribution in [2.75, 3.05) is 5.73 Å². The number of nitrogens with one attached hydrogen (secondary N) is 1. The topological polar surface area (TPSA) is 129 Å². The molecule has 3 rings (SSSR count). The number of rotatable bonds is 4. The molecule has 0 saturated carbocycles. The summed E-state index contributed by atoms with van der Waals surface area (Å²) in [5, 5.41) is 10.8. The number of hydrogen-bond donors (Lipinski definition) is 2. The Morgan fingerprint density at radius 2 is 2.04 bits per heavy atom. The summed E-state index contributed by atoms with van der Waals surface area (Å²) in [5.74, 6) is 0.730. The van der Waals surface area contributed by atoms with E-state index in [9.17, 15) is 4.79 Å². The van der Waals surface area contributed by atoms with Gasteiger partial charge in [-0.05, 0) is 38.5 Å². The molecule has 2 aromatic heterocycles. The van der Waals surface area contributed by atoms with Crippen molar-refractivity contribution in [2.45, 2.75) is 32.9 Å². The average molecular weight is 380 g/mol. The summed E-state index contributed by atoms with van der Waals surface area (Å²) in [6.45, 7) is 5.74. The monoisotopic (exact) mass is 380 g/mol. The highest BCUT2D eigenvalue weighted by molar-refractivity contribution is 6.30. The van der Waals surface area contributed by atoms with Crippen LogP contribution >= 0.6 is 0 Å². The molecule has 0 saturated heterocycles. The number of benzene rings is 1. The predicted octanol–water partition coefficient (Wildman–Crippen LogP) is 1.06. The van der Waals surface area contributed by atoms with Crippen LogP contribution in [0.2, 0.25) is 0 Å². The van der Waals surface area contributed by atoms with Gasteiger partial charge >= 0.3 is 6.09 Å². The molecule has 144 valence electrons. The Balaban J connectivity index is 1.75. The van der Waals surface area contributed by atoms with Crippen molar-refractivity contribution >= 4 is 25.4 Å². The van der Waals surface area contributed by atoms with Gasteiger partial charge < -0.3 is 20.2 Å². The summed E-state index contributed by atoms with van der Waals surface area (Å²) in [5.41, 5.74) is 7.91. The Labute approximate surface area is 163 Å². The molecule has 28 heavy (non-hydrogen) atoms. The Morgan fingerprint density at radius 3 is 2.79 bits per heavy atom. The first kappa shape index (κ1) is 19.3. The molecule has 0 radical (unpaired) electrons. The van der Waals surface area contributed by atoms with Crippen molar-refractivity contribution in [1.29, 1.82) is 0 Å². The number of alkyl carbamates (subject to hydrolysis) is 1. The Bertz CT molecular complexity index is 999. The van der Waals surface area contributed by atoms with Gasteiger partial charge in [0.05, 0.1) is 0 Å². The molecule has 0 atom stereocenters. The molecule has 3 N–H and O–H groups in total. The molecule has 0 fully saturated rings. The van der Waals surface area contributed by atoms with Gasteiger partial charge in [0.15, 0.2) is 19.4 Å². The fourth-order valence-corrected chi connectivity index (χ4v) is 2.38. The molecule has 1 aromatic carbocycles. The van der Waals surface area contributed by atoms with Crippen molar-refractivity contribution in [1.82, 2.24) is 25.5 Å². The van der Waals surface area contributed by atoms with Crippen molar-refractivity contribution in [2.24, 2.45) is 0 Å². The first-order valence-corrected chi connectivity index (χ1v) is 8.70. The van der Waals surface area contributed by atoms with Gasteiger partial charge in [0.2, 0.25) is 5.89 Å². The maximum atomic E-state index is 11.8. The average Bonchev–Trinajstić information content (AvgIpc) is 3.11. The third-order valence-corrected chi connectivity index (χ3v) is 3.56. The summed E-state index contributed by atoms with van der Waals surface area (Å²) >= 11 is 0. The van der Waals surface area contributed by atoms with Crippen LogP contribution in [0.5, 0.6) is 0 Å². The number of amides is 1. The van der Waals surface area contributed by atoms with E-state index < -0.39 is 11.7 Å². The van der Waals surface area contributed by atoms with Crippen LogP contribution in [0.1, 0.15) is 26.3 Å². The lowest BCUT2D eigenvalue weighted by molar-refractivity contribution is 0.0523. The van der Waals surface area contributed by atoms with Crippen LogP contribution in [0.4, 0.5) is 10.6 Å². The Kier molecular flexibility index (Phi) is 5.30. The maximum Gasteiger partial charge on any atom is 0.407 e. The molecule has 0 aliphatic rings. The number of nitrogen functional groups attached to an aromatic ring is 1. The van der Waals surface area contributed by atoms with E-state index in [2.05, 4.69) is 25.5 Å². The zero-order valence-corrected chi connectivity index (χ0v) is 16.2. The Hall–Kier alpha value is -3.43. The normalized spacial score (nSPS) is 11.2. The Morgan fingerprint density at radius 1 is 1.29 bits per heavy atom. The highest BCUT2D eigenvalue weighted by Gasteiger charge is 2.17. The van der Waals surface area contributed by atoms with E-state index in [4.69, 9.17) is 14.9 Å². The SMILES string of the molecule is Bc1cnc(N)c(-c2nnc(-c3cccc(CNC(=O)OC(C)(C)C)c3)o2)n1. The minimum Gasteiger partial charge on any atom is -0.444 e. The van der Waals surface area contributed by atoms with E-state index in [1.807, 2.05) is 45.0 Å². The van der Waals surface area contributed by atoms with Gasteiger partial charge in [-0.25, -0.2) is 9.78 Å². The number of aromatic nitrogens is 4. The van der Waals surface area contributed by atoms with Crippen LogP contribution in [0.25, 0.3) is 23.0 Å². The van der Waals surface area contributed by atoms with Crippen LogP contribution in [0.3, 0.4) is 0 Å². The van der Waals surface area contributed by atoms with Gasteiger partial charge in [0.25, 0.3) is 5.89 Å². The molecular weight excluding hydrogens is 359 g/mol. The van der Waals surface area contributed by atoms with Crippen LogP contribution in [0, 0.1) is 0 Å². The largest absolute Gasteiger partial charge is 0.444 e. The molecule has 3 aromatic rings. The zero-order chi connectivity index (χ0) is 20.3. The zero-order valence-electron chi connectivity index (χ0n) is 16.2. The lowest BCUT2D eigenvalue weighted by atomic mass is 10.1. The number of carbonyl (C=O) groups excluding carboxylic acids is 1. The lowest BCUT2D eigenvalue weighted by Gasteiger charge is -2.19. The summed E-state index contributed by atoms with van der Waals surface area (Å²) in [6, 6.07) is 7.40. The molecule has 1 amide bonds. The smallest absolute Gasteiger partial charge is 0.407 e. The number of nitrogens with zero attached hydrogens (tertiary/aromatic N) is 4. The lowest BCUT2D eigenvalue weighted by Crippen LogP contribution is -2.32. The van der Waals surface area contributed by atoms with Crippen molar-refractivity contribution in [3.05, 3.63) is 36.0 Å². The van der Waals surface area contributed by atoms with Gasteiger partial charge in [-0.3, -0.25) is 4.98 Å². The summed E-state index contributed by atoms with van der Waals surface area (Å²) in [6.07, 6.45) is 1.09. The molecule has 0 aliphatic carbocycles. The van der Waals surface area contributed by atoms with Crippen LogP contribution in [-0.2, 0) is 11.3 Å². The van der Waals surface area contributed by atoms with Crippen molar-refractivity contribution < 1.29 is 13.9 Å². The van der Waals surface area contributed by atoms with E-state index in [1.165, 1.54) is 0 Å². The van der Waals surface area contributed by atoms with E-state index in [0.29, 0.717) is 29.3 Å². The highest BCUT2D eigenvalue weighted by Crippen LogP contribution is 2.25. The molecule has 9 nitrogen and oxygen atoms in total. The minimum absolute atomic E-state index is 0.195. The van der Waals surface area contributed by atoms with E-state index in [0.717, 1.165) is 5.56 Å². The molecule has 0 aliphatic heterocycles. The van der Waals surface area contributed by atoms with Gasteiger partial charge in [0, 0.05) is 23.9 Å². The van der Waals surface area contributed by atoms with E-state index in [-0.39, 0.29) is 11.7 Å². The second-order valence-electron chi connectivity index (χ2n) is 7.21. The fourth-order valence-electron chi connectivity index (χ4n) is 2.38. The first-order valence-electron chi connectivity index (χ1n) is 8.70. The van der Waals surface area contributed by atoms with Gasteiger partial charge in [-0.2, -0.15) is 0 Å². The van der Waals surface area contributed by atoms with E-state index in [1.54, 1.807) is 14.0 Å². The summed E-state index contributed by atoms with van der Waals surface area (Å²) in [7, 11) is 1.80. The molecule has 0 unspecified atom stereocenters. The van der Waals surface area contributed by atoms with Crippen molar-refractivity contribution in [3.8, 4) is 23.0 Å². The third kappa shape index (κ3) is 4.84. The molecule has 0 spiro atoms. The second kappa shape index (κ2) is 7.67. The van der Waals surface area contributed by atoms with Crippen LogP contribution < -0.4 is 16.6 Å². The molecular formula is C18H21BN6O3. The predicted molar refractivity (Wildman–Crippen MR) is 106 cm³/mol. The third-order valence-electron chi connectivity index (χ3n) is 3.56. The fraction of sp³-hybridized carbons (Fsp3) is 0.278. The highest BCUT2D eigenvalue weighted by atomic mass is 16.6. The van der Waals surface area contributed by atoms with Gasteiger partial charge in [-0.1, -0.05) is 12.1 Å². The van der Waals surface area contributed by atoms with E-state index >= 15 is 0 Å². The number of hydrogen-bond acceptors (Lipinski definition) is 8. The number of ether oxygens (including phenoxy) is 1. The first-order chi connectivity index (χ1) is 13.2. The number of nitrogens with two attached hydrogens (primary N) is 1. The summed E-state index contributed by atoms with van der Waals surface area (Å²) < 4.78 is 11.0. The molecule has 0 bridgehead atoms. The second-order valence-corrected chi connectivity index (χ2v) is 7.21. The molecule has 2 heterocycles. The maximum absolute atomic E-state index is 11.8. The molecule has 10 heteroatoms. The standard InChI is InChI=1S/C18H21BN6O3/c1-18(2,3)28-17(26)22-8-10-5-4-6-11(7-10)15-24-25-16(27-15)13-14(20)21-9-12(19)23-13/h4-7,9H,8,19H2,1-3H3,(H2,20,21)(H,22,26).